The van der Waals surface area contributed by atoms with Crippen molar-refractivity contribution in [2.45, 2.75) is 241 Å². The van der Waals surface area contributed by atoms with Crippen molar-refractivity contribution in [2.75, 3.05) is 52.4 Å². The van der Waals surface area contributed by atoms with E-state index in [1.165, 1.54) is 80.5 Å². The topological polar surface area (TPSA) is 330 Å². The molecule has 25 nitrogen and oxygen atoms in total. The number of rotatable bonds is 22. The smallest absolute Gasteiger partial charge is 0.317 e. The summed E-state index contributed by atoms with van der Waals surface area (Å²) in [5.41, 5.74) is 20.3. The van der Waals surface area contributed by atoms with Crippen molar-refractivity contribution in [1.29, 1.82) is 21.0 Å². The van der Waals surface area contributed by atoms with Crippen LogP contribution in [0.15, 0.2) is 170 Å². The van der Waals surface area contributed by atoms with Crippen LogP contribution >= 0.6 is 45.3 Å². The van der Waals surface area contributed by atoms with E-state index in [-0.39, 0.29) is 78.5 Å². The van der Waals surface area contributed by atoms with Crippen LogP contribution in [0.5, 0.6) is 23.0 Å². The zero-order valence-electron chi connectivity index (χ0n) is 85.9. The molecule has 760 valence electrons. The molecule has 4 aliphatic heterocycles. The van der Waals surface area contributed by atoms with Gasteiger partial charge in [0.05, 0.1) is 90.3 Å². The number of hydrogen-bond acceptors (Lipinski definition) is 21. The highest BCUT2D eigenvalue weighted by Gasteiger charge is 2.37. The molecule has 0 bridgehead atoms. The molecule has 4 saturated heterocycles. The van der Waals surface area contributed by atoms with Gasteiger partial charge in [0.2, 0.25) is 0 Å². The van der Waals surface area contributed by atoms with Gasteiger partial charge in [-0.15, -0.1) is 45.3 Å². The van der Waals surface area contributed by atoms with E-state index in [1.54, 1.807) is 52.3 Å². The first-order valence-electron chi connectivity index (χ1n) is 52.0. The molecule has 20 rings (SSSR count). The lowest BCUT2D eigenvalue weighted by Gasteiger charge is -2.32. The number of fused-ring (bicyclic) bond motifs is 4. The average Bonchev–Trinajstić information content (AvgIpc) is 1.64. The van der Waals surface area contributed by atoms with Crippen LogP contribution in [0.4, 0.5) is 19.2 Å². The van der Waals surface area contributed by atoms with Gasteiger partial charge in [0.1, 0.15) is 73.1 Å². The quantitative estimate of drug-likeness (QED) is 0.0490. The van der Waals surface area contributed by atoms with Crippen LogP contribution in [0.25, 0.3) is 84.0 Å². The van der Waals surface area contributed by atoms with Crippen molar-refractivity contribution in [1.82, 2.24) is 60.8 Å². The minimum absolute atomic E-state index is 0.00612. The van der Waals surface area contributed by atoms with Gasteiger partial charge in [-0.05, 0) is 328 Å². The second kappa shape index (κ2) is 47.8. The van der Waals surface area contributed by atoms with Crippen molar-refractivity contribution < 1.29 is 42.9 Å². The number of ether oxygens (including phenoxy) is 4. The van der Waals surface area contributed by atoms with Crippen LogP contribution in [0.3, 0.4) is 0 Å². The number of urea groups is 4. The average molecular weight is 2040 g/mol. The molecule has 8 heterocycles. The number of carbonyl (C=O) groups is 5. The van der Waals surface area contributed by atoms with Gasteiger partial charge in [0.15, 0.2) is 0 Å². The van der Waals surface area contributed by atoms with Crippen molar-refractivity contribution in [2.24, 2.45) is 23.7 Å². The number of nitrogens with zero attached hydrogens (tertiary/aromatic N) is 12. The SMILES string of the molecule is CC(=O)CC1CCN(C(=O)N[C@@H]2CCc3c(-c4cnc(-c5ccc(OC(C)C)c(C#N)c5)s4)cccc32)CC1.CC(C)Oc1ccc(-c2ncc(-c3cccc4c3CC[C@H]4NC(=O)N3CCC[C@@H](C)C3)s2)cc1C#N.CC(C)Oc1ccc(-c2ncc(-c3cccc4c3CC[C@H]4NC(=O)N3CCC[C@H](C)C3)s2)cc1C#N.CC(C)Oc1ccc(-c2ncc(-c3cccc4c3CC[C@H]4NC(=O)N3CCC[C@H](C)C3)s2)cc1C#N. The Bertz CT molecular complexity index is 6500. The minimum atomic E-state index is -0.0159. The first-order valence-corrected chi connectivity index (χ1v) is 55.2. The van der Waals surface area contributed by atoms with E-state index in [9.17, 15) is 45.0 Å². The fraction of sp³-hybridized carbons (Fsp3) is 0.415. The highest BCUT2D eigenvalue weighted by atomic mass is 32.1. The monoisotopic (exact) mass is 2040 g/mol. The fourth-order valence-corrected chi connectivity index (χ4v) is 25.4. The molecule has 7 atom stereocenters. The summed E-state index contributed by atoms with van der Waals surface area (Å²) in [6.07, 6.45) is 24.2. The van der Waals surface area contributed by atoms with Crippen molar-refractivity contribution in [3.8, 4) is 131 Å². The molecule has 29 heteroatoms. The molecule has 8 aromatic carbocycles. The summed E-state index contributed by atoms with van der Waals surface area (Å²) in [4.78, 5) is 94.2. The molecule has 0 spiro atoms. The highest BCUT2D eigenvalue weighted by Crippen LogP contribution is 2.48. The summed E-state index contributed by atoms with van der Waals surface area (Å²) in [7, 11) is 0. The van der Waals surface area contributed by atoms with Gasteiger partial charge in [-0.3, -0.25) is 0 Å². The van der Waals surface area contributed by atoms with E-state index >= 15 is 0 Å². The maximum Gasteiger partial charge on any atom is 0.317 e. The standard InChI is InChI=1S/C31H34N4O3S.3C29H32N4O2S/c1-19(2)38-28-10-7-22(16-23(28)17-32)30-33-18-29(39-30)26-6-4-5-25-24(26)8-9-27(25)34-31(37)35-13-11-21(12-14-35)15-20(3)36;3*1-18(2)35-26-12-9-20(14-21(26)15-30)28-31-16-27(36-28)24-8-4-7-23-22(24)10-11-25(23)32-29(34)33-13-5-6-19(3)17-33/h4-7,10,16,18-19,21,27H,8-9,11-15H2,1-3H3,(H,34,37);3*4,7-9,12,14,16,18-19,25H,5-6,10-11,13,17H2,1-3H3,(H,32,34)/t27-;2*19-,25+;19-,25-/m1001/s1. The van der Waals surface area contributed by atoms with E-state index in [1.807, 2.05) is 173 Å². The molecule has 8 amide bonds. The molecule has 147 heavy (non-hydrogen) atoms. The van der Waals surface area contributed by atoms with Gasteiger partial charge in [-0.25, -0.2) is 39.1 Å². The summed E-state index contributed by atoms with van der Waals surface area (Å²) < 4.78 is 23.0. The largest absolute Gasteiger partial charge is 0.490 e. The second-order valence-electron chi connectivity index (χ2n) is 41.1. The molecular weight excluding hydrogens is 1910 g/mol. The highest BCUT2D eigenvalue weighted by molar-refractivity contribution is 7.19. The van der Waals surface area contributed by atoms with Crippen molar-refractivity contribution >= 4 is 75.3 Å². The number of thiazole rings is 4. The normalized spacial score (nSPS) is 18.6. The number of benzene rings is 8. The molecule has 4 aliphatic carbocycles. The van der Waals surface area contributed by atoms with E-state index in [0.29, 0.717) is 88.4 Å². The Morgan fingerprint density at radius 1 is 0.347 bits per heavy atom. The number of nitrogens with one attached hydrogen (secondary N) is 4. The maximum atomic E-state index is 13.1. The van der Waals surface area contributed by atoms with Gasteiger partial charge in [-0.2, -0.15) is 21.0 Å². The fourth-order valence-electron chi connectivity index (χ4n) is 21.5. The van der Waals surface area contributed by atoms with Gasteiger partial charge in [0, 0.05) is 106 Å². The minimum Gasteiger partial charge on any atom is -0.490 e. The van der Waals surface area contributed by atoms with Crippen LogP contribution in [0, 0.1) is 69.0 Å². The zero-order chi connectivity index (χ0) is 103. The molecule has 8 aliphatic rings. The predicted molar refractivity (Wildman–Crippen MR) is 582 cm³/mol. The third-order valence-corrected chi connectivity index (χ3v) is 32.8. The Labute approximate surface area is 879 Å². The Hall–Kier alpha value is -13.8. The third-order valence-electron chi connectivity index (χ3n) is 28.5. The Morgan fingerprint density at radius 3 is 0.830 bits per heavy atom. The maximum absolute atomic E-state index is 13.1. The van der Waals surface area contributed by atoms with Gasteiger partial charge in [0.25, 0.3) is 0 Å². The Morgan fingerprint density at radius 2 is 0.599 bits per heavy atom. The number of hydrogen-bond donors (Lipinski definition) is 4. The predicted octanol–water partition coefficient (Wildman–Crippen LogP) is 26.2. The van der Waals surface area contributed by atoms with E-state index in [0.717, 1.165) is 190 Å². The van der Waals surface area contributed by atoms with E-state index in [4.69, 9.17) is 18.9 Å². The van der Waals surface area contributed by atoms with Crippen LogP contribution in [0.2, 0.25) is 0 Å². The lowest BCUT2D eigenvalue weighted by Crippen LogP contribution is -2.45. The molecule has 0 saturated carbocycles. The molecule has 4 aromatic heterocycles. The third kappa shape index (κ3) is 25.2. The molecule has 0 radical (unpaired) electrons. The molecule has 4 N–H and O–H groups in total. The number of ketones is 1. The first-order chi connectivity index (χ1) is 71.1. The summed E-state index contributed by atoms with van der Waals surface area (Å²) in [5, 5.41) is 55.0. The number of nitriles is 4. The Balaban J connectivity index is 0.000000134. The Kier molecular flexibility index (Phi) is 34.0. The van der Waals surface area contributed by atoms with Gasteiger partial charge in [-0.1, -0.05) is 93.6 Å². The second-order valence-corrected chi connectivity index (χ2v) is 45.3. The van der Waals surface area contributed by atoms with E-state index in [2.05, 4.69) is 159 Å². The number of piperidine rings is 4. The van der Waals surface area contributed by atoms with Crippen molar-refractivity contribution in [3.63, 3.8) is 0 Å². The molecular formula is C118H130N16O9S4. The molecule has 12 aromatic rings. The number of Topliss-reactive ketones (excluding diaryl/α,β-unsaturated/α-hetero) is 1. The van der Waals surface area contributed by atoms with Gasteiger partial charge < -0.3 is 64.6 Å². The molecule has 0 unspecified atom stereocenters. The lowest BCUT2D eigenvalue weighted by atomic mass is 9.92. The summed E-state index contributed by atoms with van der Waals surface area (Å²) >= 11 is 6.48. The lowest BCUT2D eigenvalue weighted by molar-refractivity contribution is -0.118. The number of likely N-dealkylation sites (tertiary alicyclic amines) is 4. The molecule has 4 fully saturated rings. The van der Waals surface area contributed by atoms with Crippen molar-refractivity contribution in [3.05, 3.63) is 237 Å². The van der Waals surface area contributed by atoms with Crippen LogP contribution < -0.4 is 40.2 Å². The summed E-state index contributed by atoms with van der Waals surface area (Å²) in [5.74, 6) is 4.70. The summed E-state index contributed by atoms with van der Waals surface area (Å²) in [6, 6.07) is 57.3. The van der Waals surface area contributed by atoms with E-state index < -0.39 is 0 Å². The van der Waals surface area contributed by atoms with Gasteiger partial charge >= 0.3 is 24.1 Å². The zero-order valence-corrected chi connectivity index (χ0v) is 89.2. The summed E-state index contributed by atoms with van der Waals surface area (Å²) in [6.45, 7) is 30.3. The number of aromatic nitrogens is 4. The number of carbonyl (C=O) groups excluding carboxylic acids is 5. The number of amides is 8. The van der Waals surface area contributed by atoms with Crippen LogP contribution in [-0.4, -0.2) is 146 Å². The van der Waals surface area contributed by atoms with Crippen LogP contribution in [0.1, 0.15) is 257 Å². The van der Waals surface area contributed by atoms with Crippen LogP contribution in [-0.2, 0) is 30.5 Å². The first kappa shape index (κ1) is 105.